The van der Waals surface area contributed by atoms with Crippen LogP contribution in [0.5, 0.6) is 0 Å². The monoisotopic (exact) mass is 487 g/mol. The van der Waals surface area contributed by atoms with E-state index in [2.05, 4.69) is 9.97 Å². The zero-order valence-electron chi connectivity index (χ0n) is 18.3. The summed E-state index contributed by atoms with van der Waals surface area (Å²) in [5.41, 5.74) is -0.655. The van der Waals surface area contributed by atoms with E-state index in [9.17, 15) is 19.5 Å². The van der Waals surface area contributed by atoms with Crippen molar-refractivity contribution in [3.8, 4) is 11.1 Å². The van der Waals surface area contributed by atoms with Gasteiger partial charge in [-0.25, -0.2) is 13.6 Å². The molecule has 0 aliphatic heterocycles. The van der Waals surface area contributed by atoms with Gasteiger partial charge >= 0.3 is 5.97 Å². The minimum Gasteiger partial charge on any atom is -0.477 e. The minimum atomic E-state index is -1.40. The standard InChI is InChI=1S/C26H15F2N3O5/c27-16-8-12-3-4-20(32)30-18(12)9-13(16)11-31-19-10-17(28)14-5-7-36-24(14)22(19)21(23(31)26(34)35)15-2-1-6-29-25(15)33/h1-10H,11H2,(H,29,33)(H,30,32)(H,34,35). The third-order valence-corrected chi connectivity index (χ3v) is 6.23. The molecule has 6 aromatic rings. The molecule has 0 bridgehead atoms. The molecule has 0 fully saturated rings. The van der Waals surface area contributed by atoms with Crippen LogP contribution in [0, 0.1) is 11.6 Å². The van der Waals surface area contributed by atoms with Crippen molar-refractivity contribution in [1.82, 2.24) is 14.5 Å². The lowest BCUT2D eigenvalue weighted by atomic mass is 10.0. The Balaban J connectivity index is 1.73. The number of rotatable bonds is 4. The van der Waals surface area contributed by atoms with Gasteiger partial charge in [-0.1, -0.05) is 0 Å². The number of aromatic carboxylic acids is 1. The average Bonchev–Trinajstić information content (AvgIpc) is 3.44. The molecule has 3 N–H and O–H groups in total. The van der Waals surface area contributed by atoms with E-state index in [0.717, 1.165) is 6.07 Å². The van der Waals surface area contributed by atoms with Crippen molar-refractivity contribution in [2.75, 3.05) is 0 Å². The quantitative estimate of drug-likeness (QED) is 0.335. The van der Waals surface area contributed by atoms with E-state index in [1.807, 2.05) is 0 Å². The summed E-state index contributed by atoms with van der Waals surface area (Å²) in [6.45, 7) is -0.326. The first-order valence-corrected chi connectivity index (χ1v) is 10.8. The number of nitrogens with zero attached hydrogens (tertiary/aromatic N) is 1. The molecule has 0 atom stereocenters. The molecule has 10 heteroatoms. The number of aromatic amines is 2. The third-order valence-electron chi connectivity index (χ3n) is 6.23. The molecule has 8 nitrogen and oxygen atoms in total. The fourth-order valence-corrected chi connectivity index (χ4v) is 4.68. The SMILES string of the molecule is O=C(O)c1c(-c2ccc[nH]c2=O)c2c3occc3c(F)cc2n1Cc1cc2[nH]c(=O)ccc2cc1F. The van der Waals surface area contributed by atoms with Crippen molar-refractivity contribution in [2.45, 2.75) is 6.54 Å². The molecular formula is C26H15F2N3O5. The molecule has 0 aliphatic rings. The zero-order valence-corrected chi connectivity index (χ0v) is 18.3. The number of fused-ring (bicyclic) bond motifs is 4. The van der Waals surface area contributed by atoms with Gasteiger partial charge in [-0.3, -0.25) is 9.59 Å². The van der Waals surface area contributed by atoms with Gasteiger partial charge in [-0.05, 0) is 42.5 Å². The number of carboxylic acid groups (broad SMARTS) is 1. The number of halogens is 2. The molecule has 0 saturated heterocycles. The molecular weight excluding hydrogens is 472 g/mol. The van der Waals surface area contributed by atoms with E-state index in [4.69, 9.17) is 4.42 Å². The lowest BCUT2D eigenvalue weighted by Crippen LogP contribution is -2.14. The largest absolute Gasteiger partial charge is 0.477 e. The number of aromatic nitrogens is 3. The van der Waals surface area contributed by atoms with Gasteiger partial charge in [0, 0.05) is 34.3 Å². The molecule has 36 heavy (non-hydrogen) atoms. The van der Waals surface area contributed by atoms with Gasteiger partial charge in [0.15, 0.2) is 0 Å². The summed E-state index contributed by atoms with van der Waals surface area (Å²) in [4.78, 5) is 42.2. The van der Waals surface area contributed by atoms with Crippen molar-refractivity contribution < 1.29 is 23.1 Å². The number of hydrogen-bond acceptors (Lipinski definition) is 4. The van der Waals surface area contributed by atoms with Crippen LogP contribution < -0.4 is 11.1 Å². The van der Waals surface area contributed by atoms with E-state index in [0.29, 0.717) is 10.9 Å². The minimum absolute atomic E-state index is 0.0221. The molecule has 4 heterocycles. The summed E-state index contributed by atoms with van der Waals surface area (Å²) in [6.07, 6.45) is 2.67. The number of nitrogens with one attached hydrogen (secondary N) is 2. The first kappa shape index (κ1) is 21.5. The Kier molecular flexibility index (Phi) is 4.65. The first-order valence-electron chi connectivity index (χ1n) is 10.8. The fraction of sp³-hybridized carbons (Fsp3) is 0.0385. The number of benzene rings is 2. The van der Waals surface area contributed by atoms with Crippen molar-refractivity contribution in [1.29, 1.82) is 0 Å². The number of pyridine rings is 2. The predicted octanol–water partition coefficient (Wildman–Crippen LogP) is 4.61. The molecule has 0 amide bonds. The summed E-state index contributed by atoms with van der Waals surface area (Å²) in [5.74, 6) is -2.72. The normalized spacial score (nSPS) is 11.6. The van der Waals surface area contributed by atoms with Crippen LogP contribution in [0.25, 0.3) is 43.9 Å². The van der Waals surface area contributed by atoms with Gasteiger partial charge in [0.25, 0.3) is 5.56 Å². The van der Waals surface area contributed by atoms with Crippen LogP contribution in [0.1, 0.15) is 16.1 Å². The van der Waals surface area contributed by atoms with Gasteiger partial charge in [0.1, 0.15) is 22.9 Å². The lowest BCUT2D eigenvalue weighted by molar-refractivity contribution is 0.0687. The number of carbonyl (C=O) groups is 1. The molecule has 0 aliphatic carbocycles. The Morgan fingerprint density at radius 1 is 1.06 bits per heavy atom. The molecule has 6 rings (SSSR count). The Hall–Kier alpha value is -4.99. The van der Waals surface area contributed by atoms with Gasteiger partial charge in [0.05, 0.1) is 34.7 Å². The van der Waals surface area contributed by atoms with Crippen LogP contribution in [-0.2, 0) is 6.54 Å². The van der Waals surface area contributed by atoms with Gasteiger partial charge in [-0.15, -0.1) is 0 Å². The zero-order chi connectivity index (χ0) is 25.1. The van der Waals surface area contributed by atoms with Crippen LogP contribution in [-0.4, -0.2) is 25.6 Å². The second-order valence-electron chi connectivity index (χ2n) is 8.30. The molecule has 4 aromatic heterocycles. The maximum Gasteiger partial charge on any atom is 0.353 e. The van der Waals surface area contributed by atoms with E-state index in [1.165, 1.54) is 59.5 Å². The molecule has 0 radical (unpaired) electrons. The predicted molar refractivity (Wildman–Crippen MR) is 128 cm³/mol. The number of furan rings is 1. The first-order chi connectivity index (χ1) is 17.3. The van der Waals surface area contributed by atoms with E-state index >= 15 is 8.78 Å². The highest BCUT2D eigenvalue weighted by atomic mass is 19.1. The highest BCUT2D eigenvalue weighted by Crippen LogP contribution is 2.40. The molecule has 0 spiro atoms. The summed E-state index contributed by atoms with van der Waals surface area (Å²) in [5, 5.41) is 11.0. The van der Waals surface area contributed by atoms with Crippen molar-refractivity contribution in [3.63, 3.8) is 0 Å². The van der Waals surface area contributed by atoms with E-state index in [-0.39, 0.29) is 56.4 Å². The Labute approximate surface area is 199 Å². The number of carboxylic acids is 1. The Morgan fingerprint density at radius 3 is 2.67 bits per heavy atom. The van der Waals surface area contributed by atoms with Gasteiger partial charge < -0.3 is 24.1 Å². The van der Waals surface area contributed by atoms with E-state index < -0.39 is 23.2 Å². The maximum absolute atomic E-state index is 15.1. The van der Waals surface area contributed by atoms with Crippen LogP contribution in [0.2, 0.25) is 0 Å². The van der Waals surface area contributed by atoms with Crippen molar-refractivity contribution in [3.05, 3.63) is 105 Å². The third kappa shape index (κ3) is 3.15. The highest BCUT2D eigenvalue weighted by molar-refractivity contribution is 6.17. The maximum atomic E-state index is 15.1. The molecule has 0 saturated carbocycles. The van der Waals surface area contributed by atoms with Crippen LogP contribution >= 0.6 is 0 Å². The molecule has 178 valence electrons. The highest BCUT2D eigenvalue weighted by Gasteiger charge is 2.29. The van der Waals surface area contributed by atoms with Gasteiger partial charge in [0.2, 0.25) is 5.56 Å². The van der Waals surface area contributed by atoms with Crippen molar-refractivity contribution >= 4 is 38.7 Å². The molecule has 0 unspecified atom stereocenters. The number of hydrogen-bond donors (Lipinski definition) is 3. The smallest absolute Gasteiger partial charge is 0.353 e. The van der Waals surface area contributed by atoms with Crippen molar-refractivity contribution in [2.24, 2.45) is 0 Å². The van der Waals surface area contributed by atoms with Gasteiger partial charge in [-0.2, -0.15) is 0 Å². The Morgan fingerprint density at radius 2 is 1.89 bits per heavy atom. The topological polar surface area (TPSA) is 121 Å². The summed E-state index contributed by atoms with van der Waals surface area (Å²) < 4.78 is 36.9. The fourth-order valence-electron chi connectivity index (χ4n) is 4.68. The van der Waals surface area contributed by atoms with E-state index in [1.54, 1.807) is 0 Å². The van der Waals surface area contributed by atoms with Crippen LogP contribution in [0.4, 0.5) is 8.78 Å². The second kappa shape index (κ2) is 7.77. The average molecular weight is 487 g/mol. The molecule has 2 aromatic carbocycles. The summed E-state index contributed by atoms with van der Waals surface area (Å²) in [7, 11) is 0. The summed E-state index contributed by atoms with van der Waals surface area (Å²) >= 11 is 0. The Bertz CT molecular complexity index is 1980. The van der Waals surface area contributed by atoms with Crippen LogP contribution in [0.3, 0.4) is 0 Å². The van der Waals surface area contributed by atoms with Crippen LogP contribution in [0.15, 0.2) is 75.0 Å². The lowest BCUT2D eigenvalue weighted by Gasteiger charge is -2.11. The summed E-state index contributed by atoms with van der Waals surface area (Å²) in [6, 6.07) is 10.9. The number of H-pyrrole nitrogens is 2. The second-order valence-corrected chi connectivity index (χ2v) is 8.30.